The van der Waals surface area contributed by atoms with Gasteiger partial charge in [0.15, 0.2) is 6.61 Å². The van der Waals surface area contributed by atoms with Crippen LogP contribution >= 0.6 is 0 Å². The molecule has 154 valence electrons. The maximum Gasteiger partial charge on any atom is 0.407 e. The number of alkyl carbamates (subject to hydrolysis) is 1. The van der Waals surface area contributed by atoms with Crippen molar-refractivity contribution in [2.24, 2.45) is 0 Å². The number of piperidine rings is 1. The molecule has 0 unspecified atom stereocenters. The Labute approximate surface area is 172 Å². The fourth-order valence-corrected chi connectivity index (χ4v) is 3.49. The highest BCUT2D eigenvalue weighted by molar-refractivity contribution is 5.79. The number of nitrogens with one attached hydrogen (secondary N) is 2. The molecule has 1 heterocycles. The minimum atomic E-state index is -0.523. The molecule has 0 aliphatic carbocycles. The molecule has 2 amide bonds. The van der Waals surface area contributed by atoms with Crippen LogP contribution in [0.5, 0.6) is 0 Å². The molecule has 2 aromatic rings. The zero-order valence-electron chi connectivity index (χ0n) is 16.9. The highest BCUT2D eigenvalue weighted by atomic mass is 16.6. The number of amides is 2. The fraction of sp³-hybridized carbons (Fsp3) is 0.391. The summed E-state index contributed by atoms with van der Waals surface area (Å²) in [5.41, 5.74) is 3.81. The van der Waals surface area contributed by atoms with Crippen LogP contribution < -0.4 is 10.6 Å². The zero-order chi connectivity index (χ0) is 20.5. The van der Waals surface area contributed by atoms with Gasteiger partial charge >= 0.3 is 6.09 Å². The Kier molecular flexibility index (Phi) is 7.64. The number of likely N-dealkylation sites (N-methyl/N-ethyl adjacent to an activating group) is 1. The number of likely N-dealkylation sites (tertiary alicyclic amines) is 1. The van der Waals surface area contributed by atoms with Gasteiger partial charge in [0.1, 0.15) is 0 Å². The minimum absolute atomic E-state index is 0.105. The van der Waals surface area contributed by atoms with Gasteiger partial charge in [-0.25, -0.2) is 4.79 Å². The number of hydrogen-bond acceptors (Lipinski definition) is 4. The molecule has 0 radical (unpaired) electrons. The molecule has 0 saturated carbocycles. The van der Waals surface area contributed by atoms with Gasteiger partial charge in [0, 0.05) is 32.7 Å². The fourth-order valence-electron chi connectivity index (χ4n) is 3.49. The molecule has 0 aromatic heterocycles. The van der Waals surface area contributed by atoms with Crippen LogP contribution in [-0.2, 0) is 16.0 Å². The van der Waals surface area contributed by atoms with Crippen molar-refractivity contribution >= 4 is 12.0 Å². The third kappa shape index (κ3) is 6.61. The molecular weight excluding hydrogens is 366 g/mol. The second kappa shape index (κ2) is 10.6. The average molecular weight is 396 g/mol. The molecule has 0 bridgehead atoms. The second-order valence-corrected chi connectivity index (χ2v) is 7.32. The number of benzene rings is 2. The van der Waals surface area contributed by atoms with Gasteiger partial charge < -0.3 is 20.3 Å². The van der Waals surface area contributed by atoms with Gasteiger partial charge in [-0.2, -0.15) is 0 Å². The van der Waals surface area contributed by atoms with Crippen molar-refractivity contribution in [1.82, 2.24) is 15.5 Å². The zero-order valence-corrected chi connectivity index (χ0v) is 16.9. The summed E-state index contributed by atoms with van der Waals surface area (Å²) in [4.78, 5) is 25.3. The van der Waals surface area contributed by atoms with Crippen LogP contribution in [0.4, 0.5) is 4.79 Å². The van der Waals surface area contributed by atoms with E-state index in [1.165, 1.54) is 23.7 Å². The molecule has 29 heavy (non-hydrogen) atoms. The van der Waals surface area contributed by atoms with Gasteiger partial charge in [0.2, 0.25) is 0 Å². The number of carbonyl (C=O) groups excluding carboxylic acids is 2. The van der Waals surface area contributed by atoms with E-state index in [4.69, 9.17) is 4.74 Å². The summed E-state index contributed by atoms with van der Waals surface area (Å²) >= 11 is 0. The lowest BCUT2D eigenvalue weighted by Crippen LogP contribution is -2.45. The highest BCUT2D eigenvalue weighted by Crippen LogP contribution is 2.20. The van der Waals surface area contributed by atoms with Gasteiger partial charge in [0.25, 0.3) is 5.91 Å². The summed E-state index contributed by atoms with van der Waals surface area (Å²) in [6.07, 6.45) is 2.27. The monoisotopic (exact) mass is 395 g/mol. The van der Waals surface area contributed by atoms with E-state index in [9.17, 15) is 9.59 Å². The SMILES string of the molecule is CNC(=O)COC(=O)NC1CCN(CCc2ccc(-c3ccccc3)cc2)CC1. The van der Waals surface area contributed by atoms with Crippen LogP contribution in [0, 0.1) is 0 Å². The smallest absolute Gasteiger partial charge is 0.407 e. The number of ether oxygens (including phenoxy) is 1. The summed E-state index contributed by atoms with van der Waals surface area (Å²) in [7, 11) is 1.51. The predicted molar refractivity (Wildman–Crippen MR) is 114 cm³/mol. The Hall–Kier alpha value is -2.86. The van der Waals surface area contributed by atoms with Gasteiger partial charge in [-0.05, 0) is 36.0 Å². The van der Waals surface area contributed by atoms with E-state index in [1.54, 1.807) is 0 Å². The van der Waals surface area contributed by atoms with Crippen molar-refractivity contribution < 1.29 is 14.3 Å². The largest absolute Gasteiger partial charge is 0.439 e. The average Bonchev–Trinajstić information content (AvgIpc) is 2.78. The quantitative estimate of drug-likeness (QED) is 0.756. The first-order valence-corrected chi connectivity index (χ1v) is 10.1. The second-order valence-electron chi connectivity index (χ2n) is 7.32. The number of carbonyl (C=O) groups is 2. The van der Waals surface area contributed by atoms with E-state index in [1.807, 2.05) is 6.07 Å². The molecule has 2 N–H and O–H groups in total. The summed E-state index contributed by atoms with van der Waals surface area (Å²) < 4.78 is 4.90. The number of rotatable bonds is 7. The predicted octanol–water partition coefficient (Wildman–Crippen LogP) is 2.83. The van der Waals surface area contributed by atoms with Crippen molar-refractivity contribution in [2.75, 3.05) is 33.3 Å². The Balaban J connectivity index is 1.37. The summed E-state index contributed by atoms with van der Waals surface area (Å²) in [6, 6.07) is 19.3. The Morgan fingerprint density at radius 2 is 1.66 bits per heavy atom. The molecule has 2 aromatic carbocycles. The third-order valence-electron chi connectivity index (χ3n) is 5.30. The van der Waals surface area contributed by atoms with Crippen molar-refractivity contribution in [3.63, 3.8) is 0 Å². The summed E-state index contributed by atoms with van der Waals surface area (Å²) in [5, 5.41) is 5.26. The normalized spacial score (nSPS) is 14.9. The van der Waals surface area contributed by atoms with Crippen LogP contribution in [0.15, 0.2) is 54.6 Å². The Bertz CT molecular complexity index is 785. The molecule has 1 aliphatic rings. The molecule has 0 spiro atoms. The molecule has 6 heteroatoms. The van der Waals surface area contributed by atoms with Crippen molar-refractivity contribution in [3.8, 4) is 11.1 Å². The van der Waals surface area contributed by atoms with Crippen molar-refractivity contribution in [3.05, 3.63) is 60.2 Å². The molecular formula is C23H29N3O3. The van der Waals surface area contributed by atoms with E-state index in [-0.39, 0.29) is 18.6 Å². The van der Waals surface area contributed by atoms with E-state index < -0.39 is 6.09 Å². The topological polar surface area (TPSA) is 70.7 Å². The molecule has 0 atom stereocenters. The molecule has 6 nitrogen and oxygen atoms in total. The first-order chi connectivity index (χ1) is 14.1. The lowest BCUT2D eigenvalue weighted by molar-refractivity contribution is -0.123. The van der Waals surface area contributed by atoms with E-state index in [0.717, 1.165) is 38.9 Å². The van der Waals surface area contributed by atoms with Crippen LogP contribution in [0.2, 0.25) is 0 Å². The molecule has 1 saturated heterocycles. The minimum Gasteiger partial charge on any atom is -0.439 e. The van der Waals surface area contributed by atoms with Crippen molar-refractivity contribution in [1.29, 1.82) is 0 Å². The van der Waals surface area contributed by atoms with Crippen LogP contribution in [-0.4, -0.2) is 56.2 Å². The number of nitrogens with zero attached hydrogens (tertiary/aromatic N) is 1. The van der Waals surface area contributed by atoms with Gasteiger partial charge in [0.05, 0.1) is 0 Å². The molecule has 1 fully saturated rings. The summed E-state index contributed by atoms with van der Waals surface area (Å²) in [6.45, 7) is 2.66. The molecule has 1 aliphatic heterocycles. The van der Waals surface area contributed by atoms with E-state index in [2.05, 4.69) is 64.1 Å². The van der Waals surface area contributed by atoms with Crippen molar-refractivity contribution in [2.45, 2.75) is 25.3 Å². The van der Waals surface area contributed by atoms with Gasteiger partial charge in [-0.15, -0.1) is 0 Å². The lowest BCUT2D eigenvalue weighted by atomic mass is 10.0. The maximum absolute atomic E-state index is 11.7. The van der Waals surface area contributed by atoms with Gasteiger partial charge in [-0.3, -0.25) is 4.79 Å². The van der Waals surface area contributed by atoms with E-state index in [0.29, 0.717) is 0 Å². The van der Waals surface area contributed by atoms with E-state index >= 15 is 0 Å². The van der Waals surface area contributed by atoms with Crippen LogP contribution in [0.1, 0.15) is 18.4 Å². The number of hydrogen-bond donors (Lipinski definition) is 2. The Morgan fingerprint density at radius 1 is 1.00 bits per heavy atom. The van der Waals surface area contributed by atoms with Gasteiger partial charge in [-0.1, -0.05) is 54.6 Å². The first kappa shape index (κ1) is 20.9. The maximum atomic E-state index is 11.7. The lowest BCUT2D eigenvalue weighted by Gasteiger charge is -2.32. The highest BCUT2D eigenvalue weighted by Gasteiger charge is 2.21. The van der Waals surface area contributed by atoms with Crippen LogP contribution in [0.25, 0.3) is 11.1 Å². The molecule has 3 rings (SSSR count). The third-order valence-corrected chi connectivity index (χ3v) is 5.30. The Morgan fingerprint density at radius 3 is 2.31 bits per heavy atom. The summed E-state index contributed by atoms with van der Waals surface area (Å²) in [5.74, 6) is -0.313. The standard InChI is InChI=1S/C23H29N3O3/c1-24-22(27)17-29-23(28)25-21-12-15-26(16-13-21)14-11-18-7-9-20(10-8-18)19-5-3-2-4-6-19/h2-10,21H,11-17H2,1H3,(H,24,27)(H,25,28). The van der Waals surface area contributed by atoms with Crippen LogP contribution in [0.3, 0.4) is 0 Å². The first-order valence-electron chi connectivity index (χ1n) is 10.1.